The predicted octanol–water partition coefficient (Wildman–Crippen LogP) is 2.44. The van der Waals surface area contributed by atoms with E-state index in [1.165, 1.54) is 6.42 Å². The van der Waals surface area contributed by atoms with Crippen molar-refractivity contribution < 1.29 is 9.47 Å². The fraction of sp³-hybridized carbons (Fsp3) is 0.667. The summed E-state index contributed by atoms with van der Waals surface area (Å²) in [5, 5.41) is 0. The third kappa shape index (κ3) is 2.60. The summed E-state index contributed by atoms with van der Waals surface area (Å²) < 4.78 is 11.6. The summed E-state index contributed by atoms with van der Waals surface area (Å²) in [7, 11) is 0. The Hall–Kier alpha value is -1.13. The third-order valence-corrected chi connectivity index (χ3v) is 4.11. The third-order valence-electron chi connectivity index (χ3n) is 4.11. The van der Waals surface area contributed by atoms with Gasteiger partial charge in [0, 0.05) is 18.2 Å². The molecule has 2 aliphatic rings. The average Bonchev–Trinajstić information content (AvgIpc) is 2.99. The highest BCUT2D eigenvalue weighted by Crippen LogP contribution is 2.43. The van der Waals surface area contributed by atoms with Crippen LogP contribution in [0.25, 0.3) is 0 Å². The van der Waals surface area contributed by atoms with E-state index in [4.69, 9.17) is 15.2 Å². The highest BCUT2D eigenvalue weighted by atomic mass is 16.5. The molecule has 0 aliphatic carbocycles. The maximum atomic E-state index is 6.41. The number of ether oxygens (including phenoxy) is 2. The van der Waals surface area contributed by atoms with Gasteiger partial charge in [0.05, 0.1) is 24.5 Å². The zero-order chi connectivity index (χ0) is 13.4. The molecule has 1 aromatic rings. The topological polar surface area (TPSA) is 57.4 Å². The highest BCUT2D eigenvalue weighted by molar-refractivity contribution is 5.27. The fourth-order valence-electron chi connectivity index (χ4n) is 3.26. The molecule has 3 heterocycles. The molecule has 19 heavy (non-hydrogen) atoms. The molecule has 0 saturated carbocycles. The van der Waals surface area contributed by atoms with Crippen molar-refractivity contribution in [2.45, 2.75) is 57.5 Å². The monoisotopic (exact) mass is 262 g/mol. The minimum Gasteiger partial charge on any atom is -0.489 e. The first kappa shape index (κ1) is 12.9. The second-order valence-corrected chi connectivity index (χ2v) is 5.92. The van der Waals surface area contributed by atoms with E-state index in [1.807, 2.05) is 26.1 Å². The van der Waals surface area contributed by atoms with Crippen molar-refractivity contribution in [3.63, 3.8) is 0 Å². The molecule has 3 rings (SSSR count). The largest absolute Gasteiger partial charge is 0.489 e. The molecule has 2 N–H and O–H groups in total. The van der Waals surface area contributed by atoms with E-state index in [0.29, 0.717) is 18.1 Å². The summed E-state index contributed by atoms with van der Waals surface area (Å²) in [6.07, 6.45) is 7.96. The normalized spacial score (nSPS) is 30.8. The van der Waals surface area contributed by atoms with Gasteiger partial charge < -0.3 is 15.2 Å². The van der Waals surface area contributed by atoms with Crippen molar-refractivity contribution in [3.8, 4) is 5.75 Å². The van der Waals surface area contributed by atoms with Gasteiger partial charge in [0.25, 0.3) is 0 Å². The molecule has 2 saturated heterocycles. The minimum atomic E-state index is -0.00138. The zero-order valence-corrected chi connectivity index (χ0v) is 11.6. The van der Waals surface area contributed by atoms with Gasteiger partial charge >= 0.3 is 0 Å². The number of nitrogens with two attached hydrogens (primary N) is 1. The molecule has 0 aromatic carbocycles. The van der Waals surface area contributed by atoms with E-state index >= 15 is 0 Å². The molecule has 4 nitrogen and oxygen atoms in total. The van der Waals surface area contributed by atoms with Gasteiger partial charge in [0.1, 0.15) is 5.75 Å². The van der Waals surface area contributed by atoms with E-state index in [1.54, 1.807) is 6.20 Å². The Morgan fingerprint density at radius 1 is 1.37 bits per heavy atom. The molecule has 104 valence electrons. The van der Waals surface area contributed by atoms with Crippen molar-refractivity contribution in [2.24, 2.45) is 11.7 Å². The quantitative estimate of drug-likeness (QED) is 0.905. The van der Waals surface area contributed by atoms with Gasteiger partial charge in [-0.05, 0) is 44.7 Å². The maximum absolute atomic E-state index is 6.41. The number of rotatable bonds is 4. The molecule has 4 unspecified atom stereocenters. The first-order valence-electron chi connectivity index (χ1n) is 7.16. The van der Waals surface area contributed by atoms with Gasteiger partial charge in [-0.25, -0.2) is 0 Å². The van der Waals surface area contributed by atoms with E-state index < -0.39 is 0 Å². The highest BCUT2D eigenvalue weighted by Gasteiger charge is 2.43. The van der Waals surface area contributed by atoms with Crippen molar-refractivity contribution in [3.05, 3.63) is 24.0 Å². The Kier molecular flexibility index (Phi) is 3.46. The second kappa shape index (κ2) is 5.10. The standard InChI is InChI=1S/C15H22N2O2/c1-9(2)18-12-5-10(7-17-8-12)15(16)13-6-11-3-4-14(13)19-11/h5,7-9,11,13-15H,3-4,6,16H2,1-2H3. The lowest BCUT2D eigenvalue weighted by molar-refractivity contribution is 0.0884. The van der Waals surface area contributed by atoms with Crippen LogP contribution in [0.5, 0.6) is 5.75 Å². The lowest BCUT2D eigenvalue weighted by Gasteiger charge is -2.25. The van der Waals surface area contributed by atoms with Crippen LogP contribution in [-0.2, 0) is 4.74 Å². The SMILES string of the molecule is CC(C)Oc1cncc(C(N)C2CC3CCC2O3)c1. The maximum Gasteiger partial charge on any atom is 0.138 e. The Morgan fingerprint density at radius 2 is 2.21 bits per heavy atom. The van der Waals surface area contributed by atoms with Crippen LogP contribution in [0.3, 0.4) is 0 Å². The summed E-state index contributed by atoms with van der Waals surface area (Å²) in [6.45, 7) is 4.02. The van der Waals surface area contributed by atoms with Gasteiger partial charge in [-0.1, -0.05) is 0 Å². The van der Waals surface area contributed by atoms with Crippen LogP contribution in [-0.4, -0.2) is 23.3 Å². The molecule has 4 atom stereocenters. The van der Waals surface area contributed by atoms with Crippen LogP contribution < -0.4 is 10.5 Å². The fourth-order valence-corrected chi connectivity index (χ4v) is 3.26. The van der Waals surface area contributed by atoms with Crippen LogP contribution in [0.15, 0.2) is 18.5 Å². The van der Waals surface area contributed by atoms with Crippen molar-refractivity contribution in [1.82, 2.24) is 4.98 Å². The molecule has 2 bridgehead atoms. The van der Waals surface area contributed by atoms with Crippen molar-refractivity contribution >= 4 is 0 Å². The summed E-state index contributed by atoms with van der Waals surface area (Å²) in [4.78, 5) is 4.25. The molecule has 2 fully saturated rings. The number of nitrogens with zero attached hydrogens (tertiary/aromatic N) is 1. The Labute approximate surface area is 114 Å². The molecular formula is C15H22N2O2. The number of hydrogen-bond donors (Lipinski definition) is 1. The van der Waals surface area contributed by atoms with E-state index in [9.17, 15) is 0 Å². The Morgan fingerprint density at radius 3 is 2.84 bits per heavy atom. The van der Waals surface area contributed by atoms with Crippen LogP contribution in [0.4, 0.5) is 0 Å². The van der Waals surface area contributed by atoms with E-state index in [2.05, 4.69) is 4.98 Å². The lowest BCUT2D eigenvalue weighted by atomic mass is 9.82. The molecule has 2 aliphatic heterocycles. The van der Waals surface area contributed by atoms with Crippen LogP contribution in [0.1, 0.15) is 44.7 Å². The smallest absolute Gasteiger partial charge is 0.138 e. The number of fused-ring (bicyclic) bond motifs is 2. The first-order chi connectivity index (χ1) is 9.13. The summed E-state index contributed by atoms with van der Waals surface area (Å²) >= 11 is 0. The van der Waals surface area contributed by atoms with Gasteiger partial charge in [0.15, 0.2) is 0 Å². The van der Waals surface area contributed by atoms with E-state index in [-0.39, 0.29) is 12.1 Å². The number of pyridine rings is 1. The first-order valence-corrected chi connectivity index (χ1v) is 7.16. The van der Waals surface area contributed by atoms with Gasteiger partial charge in [-0.2, -0.15) is 0 Å². The van der Waals surface area contributed by atoms with Crippen LogP contribution in [0, 0.1) is 5.92 Å². The Bertz CT molecular complexity index is 450. The van der Waals surface area contributed by atoms with Gasteiger partial charge in [0.2, 0.25) is 0 Å². The second-order valence-electron chi connectivity index (χ2n) is 5.92. The average molecular weight is 262 g/mol. The lowest BCUT2D eigenvalue weighted by Crippen LogP contribution is -2.29. The summed E-state index contributed by atoms with van der Waals surface area (Å²) in [5.41, 5.74) is 7.47. The number of hydrogen-bond acceptors (Lipinski definition) is 4. The molecule has 0 spiro atoms. The van der Waals surface area contributed by atoms with Gasteiger partial charge in [-0.15, -0.1) is 0 Å². The molecule has 1 aromatic heterocycles. The summed E-state index contributed by atoms with van der Waals surface area (Å²) in [5.74, 6) is 1.22. The minimum absolute atomic E-state index is 0.00138. The molecule has 4 heteroatoms. The molecule has 0 radical (unpaired) electrons. The van der Waals surface area contributed by atoms with Crippen molar-refractivity contribution in [2.75, 3.05) is 0 Å². The van der Waals surface area contributed by atoms with Crippen LogP contribution >= 0.6 is 0 Å². The molecule has 0 amide bonds. The summed E-state index contributed by atoms with van der Waals surface area (Å²) in [6, 6.07) is 2.02. The van der Waals surface area contributed by atoms with E-state index in [0.717, 1.165) is 24.2 Å². The number of aromatic nitrogens is 1. The Balaban J connectivity index is 1.74. The van der Waals surface area contributed by atoms with Crippen molar-refractivity contribution in [1.29, 1.82) is 0 Å². The predicted molar refractivity (Wildman–Crippen MR) is 72.9 cm³/mol. The zero-order valence-electron chi connectivity index (χ0n) is 11.6. The van der Waals surface area contributed by atoms with Crippen LogP contribution in [0.2, 0.25) is 0 Å². The van der Waals surface area contributed by atoms with Gasteiger partial charge in [-0.3, -0.25) is 4.98 Å². The molecular weight excluding hydrogens is 240 g/mol.